The van der Waals surface area contributed by atoms with Gasteiger partial charge in [-0.25, -0.2) is 0 Å². The van der Waals surface area contributed by atoms with Crippen molar-refractivity contribution in [1.82, 2.24) is 5.32 Å². The molecule has 1 heterocycles. The van der Waals surface area contributed by atoms with Crippen LogP contribution in [0.4, 0.5) is 0 Å². The summed E-state index contributed by atoms with van der Waals surface area (Å²) >= 11 is 6.47. The van der Waals surface area contributed by atoms with Crippen molar-refractivity contribution in [2.24, 2.45) is 5.92 Å². The molecule has 0 aliphatic carbocycles. The summed E-state index contributed by atoms with van der Waals surface area (Å²) < 4.78 is 10.9. The Bertz CT molecular complexity index is 442. The molecule has 106 valence electrons. The molecule has 19 heavy (non-hydrogen) atoms. The zero-order valence-electron chi connectivity index (χ0n) is 11.9. The molecule has 1 aromatic carbocycles. The first kappa shape index (κ1) is 14.5. The van der Waals surface area contributed by atoms with E-state index in [4.69, 9.17) is 21.1 Å². The molecule has 0 aromatic heterocycles. The molecule has 1 aliphatic heterocycles. The summed E-state index contributed by atoms with van der Waals surface area (Å²) in [5.74, 6) is 2.23. The Balaban J connectivity index is 2.33. The molecule has 0 spiro atoms. The minimum atomic E-state index is 0.666. The lowest BCUT2D eigenvalue weighted by molar-refractivity contribution is 0.339. The maximum atomic E-state index is 6.47. The molecule has 0 unspecified atom stereocenters. The normalized spacial score (nSPS) is 16.4. The van der Waals surface area contributed by atoms with Gasteiger partial charge >= 0.3 is 0 Å². The predicted molar refractivity (Wildman–Crippen MR) is 78.6 cm³/mol. The second-order valence-corrected chi connectivity index (χ2v) is 5.50. The summed E-state index contributed by atoms with van der Waals surface area (Å²) in [6, 6.07) is 1.94. The summed E-state index contributed by atoms with van der Waals surface area (Å²) in [6.07, 6.45) is 3.34. The van der Waals surface area contributed by atoms with Gasteiger partial charge < -0.3 is 14.8 Å². The SMILES string of the molecule is COc1cc(C)c(Cl)c(CC2CCNCC2)c1OC. The minimum absolute atomic E-state index is 0.666. The Morgan fingerprint density at radius 1 is 1.26 bits per heavy atom. The van der Waals surface area contributed by atoms with Gasteiger partial charge in [-0.3, -0.25) is 0 Å². The lowest BCUT2D eigenvalue weighted by atomic mass is 9.90. The predicted octanol–water partition coefficient (Wildman–Crippen LogP) is 3.21. The van der Waals surface area contributed by atoms with Crippen LogP contribution in [0.25, 0.3) is 0 Å². The van der Waals surface area contributed by atoms with E-state index in [9.17, 15) is 0 Å². The third-order valence-corrected chi connectivity index (χ3v) is 4.36. The maximum Gasteiger partial charge on any atom is 0.165 e. The number of hydrogen-bond acceptors (Lipinski definition) is 3. The number of aryl methyl sites for hydroxylation is 1. The Hall–Kier alpha value is -0.930. The molecular weight excluding hydrogens is 262 g/mol. The molecule has 0 saturated carbocycles. The second-order valence-electron chi connectivity index (χ2n) is 5.12. The molecule has 0 amide bonds. The number of rotatable bonds is 4. The topological polar surface area (TPSA) is 30.5 Å². The Labute approximate surface area is 120 Å². The van der Waals surface area contributed by atoms with Crippen LogP contribution in [0.3, 0.4) is 0 Å². The molecule has 0 bridgehead atoms. The minimum Gasteiger partial charge on any atom is -0.493 e. The molecule has 0 atom stereocenters. The quantitative estimate of drug-likeness (QED) is 0.920. The lowest BCUT2D eigenvalue weighted by Crippen LogP contribution is -2.28. The summed E-state index contributed by atoms with van der Waals surface area (Å²) in [5, 5.41) is 4.20. The largest absolute Gasteiger partial charge is 0.493 e. The second kappa shape index (κ2) is 6.49. The molecule has 4 heteroatoms. The number of methoxy groups -OCH3 is 2. The van der Waals surface area contributed by atoms with Gasteiger partial charge in [0.2, 0.25) is 0 Å². The van der Waals surface area contributed by atoms with Crippen LogP contribution in [-0.4, -0.2) is 27.3 Å². The smallest absolute Gasteiger partial charge is 0.165 e. The van der Waals surface area contributed by atoms with Crippen LogP contribution in [0.2, 0.25) is 5.02 Å². The van der Waals surface area contributed by atoms with E-state index in [2.05, 4.69) is 5.32 Å². The zero-order valence-corrected chi connectivity index (χ0v) is 12.6. The summed E-state index contributed by atoms with van der Waals surface area (Å²) in [5.41, 5.74) is 2.14. The van der Waals surface area contributed by atoms with E-state index in [0.717, 1.165) is 47.2 Å². The van der Waals surface area contributed by atoms with Gasteiger partial charge in [-0.05, 0) is 56.8 Å². The molecule has 1 saturated heterocycles. The van der Waals surface area contributed by atoms with Gasteiger partial charge in [0.25, 0.3) is 0 Å². The average Bonchev–Trinajstić information content (AvgIpc) is 2.44. The van der Waals surface area contributed by atoms with E-state index in [1.165, 1.54) is 12.8 Å². The number of benzene rings is 1. The van der Waals surface area contributed by atoms with Crippen molar-refractivity contribution >= 4 is 11.6 Å². The molecular formula is C15H22ClNO2. The number of nitrogens with one attached hydrogen (secondary N) is 1. The molecule has 1 aromatic rings. The fourth-order valence-corrected chi connectivity index (χ4v) is 2.96. The van der Waals surface area contributed by atoms with E-state index in [1.807, 2.05) is 13.0 Å². The van der Waals surface area contributed by atoms with Gasteiger partial charge in [0.15, 0.2) is 11.5 Å². The highest BCUT2D eigenvalue weighted by Crippen LogP contribution is 2.40. The van der Waals surface area contributed by atoms with Crippen molar-refractivity contribution in [3.63, 3.8) is 0 Å². The Morgan fingerprint density at radius 2 is 1.95 bits per heavy atom. The Morgan fingerprint density at radius 3 is 2.53 bits per heavy atom. The van der Waals surface area contributed by atoms with Gasteiger partial charge in [-0.15, -0.1) is 0 Å². The summed E-state index contributed by atoms with van der Waals surface area (Å²) in [7, 11) is 3.34. The van der Waals surface area contributed by atoms with Crippen molar-refractivity contribution in [1.29, 1.82) is 0 Å². The van der Waals surface area contributed by atoms with Gasteiger partial charge in [-0.2, -0.15) is 0 Å². The van der Waals surface area contributed by atoms with Crippen molar-refractivity contribution in [2.45, 2.75) is 26.2 Å². The standard InChI is InChI=1S/C15H22ClNO2/c1-10-8-13(18-2)15(19-3)12(14(10)16)9-11-4-6-17-7-5-11/h8,11,17H,4-7,9H2,1-3H3. The van der Waals surface area contributed by atoms with Crippen molar-refractivity contribution in [3.05, 3.63) is 22.2 Å². The maximum absolute atomic E-state index is 6.47. The van der Waals surface area contributed by atoms with E-state index >= 15 is 0 Å². The third-order valence-electron chi connectivity index (χ3n) is 3.83. The highest BCUT2D eigenvalue weighted by molar-refractivity contribution is 6.32. The van der Waals surface area contributed by atoms with E-state index in [0.29, 0.717) is 5.92 Å². The average molecular weight is 284 g/mol. The van der Waals surface area contributed by atoms with Gasteiger partial charge in [0.05, 0.1) is 19.2 Å². The first-order valence-corrected chi connectivity index (χ1v) is 7.15. The van der Waals surface area contributed by atoms with E-state index in [-0.39, 0.29) is 0 Å². The van der Waals surface area contributed by atoms with E-state index in [1.54, 1.807) is 14.2 Å². The number of halogens is 1. The highest BCUT2D eigenvalue weighted by Gasteiger charge is 2.21. The Kier molecular flexibility index (Phi) is 4.94. The van der Waals surface area contributed by atoms with Crippen LogP contribution in [-0.2, 0) is 6.42 Å². The van der Waals surface area contributed by atoms with Gasteiger partial charge in [-0.1, -0.05) is 11.6 Å². The van der Waals surface area contributed by atoms with Gasteiger partial charge in [0, 0.05) is 5.56 Å². The molecule has 2 rings (SSSR count). The van der Waals surface area contributed by atoms with Crippen molar-refractivity contribution in [2.75, 3.05) is 27.3 Å². The first-order valence-electron chi connectivity index (χ1n) is 6.78. The lowest BCUT2D eigenvalue weighted by Gasteiger charge is -2.25. The van der Waals surface area contributed by atoms with E-state index < -0.39 is 0 Å². The number of piperidine rings is 1. The number of ether oxygens (including phenoxy) is 2. The highest BCUT2D eigenvalue weighted by atomic mass is 35.5. The third kappa shape index (κ3) is 3.15. The van der Waals surface area contributed by atoms with Gasteiger partial charge in [0.1, 0.15) is 0 Å². The fourth-order valence-electron chi connectivity index (χ4n) is 2.74. The van der Waals surface area contributed by atoms with Crippen LogP contribution in [0.1, 0.15) is 24.0 Å². The summed E-state index contributed by atoms with van der Waals surface area (Å²) in [4.78, 5) is 0. The van der Waals surface area contributed by atoms with Crippen LogP contribution >= 0.6 is 11.6 Å². The van der Waals surface area contributed by atoms with Crippen LogP contribution in [0.15, 0.2) is 6.07 Å². The molecule has 1 N–H and O–H groups in total. The zero-order chi connectivity index (χ0) is 13.8. The summed E-state index contributed by atoms with van der Waals surface area (Å²) in [6.45, 7) is 4.19. The molecule has 3 nitrogen and oxygen atoms in total. The first-order chi connectivity index (χ1) is 9.17. The molecule has 1 fully saturated rings. The monoisotopic (exact) mass is 283 g/mol. The van der Waals surface area contributed by atoms with Crippen LogP contribution in [0, 0.1) is 12.8 Å². The van der Waals surface area contributed by atoms with Crippen molar-refractivity contribution in [3.8, 4) is 11.5 Å². The molecule has 1 aliphatic rings. The number of hydrogen-bond donors (Lipinski definition) is 1. The van der Waals surface area contributed by atoms with Crippen LogP contribution in [0.5, 0.6) is 11.5 Å². The van der Waals surface area contributed by atoms with Crippen molar-refractivity contribution < 1.29 is 9.47 Å². The fraction of sp³-hybridized carbons (Fsp3) is 0.600. The molecule has 0 radical (unpaired) electrons. The van der Waals surface area contributed by atoms with Crippen LogP contribution < -0.4 is 14.8 Å².